The SMILES string of the molecule is c1ccc(-c2nc(-c3cncc4oc5cc6ccccc6cc5c34)nc(-c3cccc4sc5ccccc5c34)n2)cc1. The van der Waals surface area contributed by atoms with Crippen LogP contribution in [0, 0.1) is 0 Å². The van der Waals surface area contributed by atoms with E-state index in [-0.39, 0.29) is 0 Å². The number of hydrogen-bond acceptors (Lipinski definition) is 6. The second-order valence-electron chi connectivity index (χ2n) is 10.3. The summed E-state index contributed by atoms with van der Waals surface area (Å²) in [6, 6.07) is 37.5. The molecule has 0 saturated carbocycles. The van der Waals surface area contributed by atoms with Crippen LogP contribution in [0.3, 0.4) is 0 Å². The molecule has 196 valence electrons. The number of hydrogen-bond donors (Lipinski definition) is 0. The molecular weight excluding hydrogens is 536 g/mol. The molecule has 5 aromatic carbocycles. The molecule has 42 heavy (non-hydrogen) atoms. The predicted octanol–water partition coefficient (Wildman–Crippen LogP) is 9.69. The van der Waals surface area contributed by atoms with Crippen LogP contribution in [-0.2, 0) is 0 Å². The Balaban J connectivity index is 1.36. The highest BCUT2D eigenvalue weighted by molar-refractivity contribution is 7.25. The second-order valence-corrected chi connectivity index (χ2v) is 11.4. The van der Waals surface area contributed by atoms with Gasteiger partial charge in [0.15, 0.2) is 23.1 Å². The monoisotopic (exact) mass is 556 g/mol. The van der Waals surface area contributed by atoms with E-state index < -0.39 is 0 Å². The van der Waals surface area contributed by atoms with E-state index in [2.05, 4.69) is 77.8 Å². The van der Waals surface area contributed by atoms with E-state index in [1.54, 1.807) is 17.5 Å². The van der Waals surface area contributed by atoms with Gasteiger partial charge in [-0.1, -0.05) is 84.9 Å². The Kier molecular flexibility index (Phi) is 5.00. The van der Waals surface area contributed by atoms with Gasteiger partial charge in [-0.25, -0.2) is 15.0 Å². The Morgan fingerprint density at radius 2 is 1.21 bits per heavy atom. The summed E-state index contributed by atoms with van der Waals surface area (Å²) < 4.78 is 8.76. The molecule has 9 rings (SSSR count). The number of nitrogens with zero attached hydrogens (tertiary/aromatic N) is 4. The number of fused-ring (bicyclic) bond motifs is 7. The minimum absolute atomic E-state index is 0.560. The van der Waals surface area contributed by atoms with Gasteiger partial charge in [-0.05, 0) is 35.0 Å². The summed E-state index contributed by atoms with van der Waals surface area (Å²) in [7, 11) is 0. The van der Waals surface area contributed by atoms with Crippen molar-refractivity contribution < 1.29 is 4.42 Å². The van der Waals surface area contributed by atoms with Crippen molar-refractivity contribution in [2.24, 2.45) is 0 Å². The van der Waals surface area contributed by atoms with Gasteiger partial charge in [-0.2, -0.15) is 0 Å². The van der Waals surface area contributed by atoms with Crippen molar-refractivity contribution in [3.05, 3.63) is 122 Å². The lowest BCUT2D eigenvalue weighted by molar-refractivity contribution is 0.667. The first-order chi connectivity index (χ1) is 20.8. The average Bonchev–Trinajstić information content (AvgIpc) is 3.61. The molecule has 0 aliphatic rings. The molecule has 0 atom stereocenters. The largest absolute Gasteiger partial charge is 0.454 e. The summed E-state index contributed by atoms with van der Waals surface area (Å²) in [4.78, 5) is 19.8. The lowest BCUT2D eigenvalue weighted by atomic mass is 10.0. The van der Waals surface area contributed by atoms with Crippen LogP contribution in [0.15, 0.2) is 126 Å². The molecule has 0 N–H and O–H groups in total. The summed E-state index contributed by atoms with van der Waals surface area (Å²) in [6.45, 7) is 0. The fourth-order valence-corrected chi connectivity index (χ4v) is 7.01. The van der Waals surface area contributed by atoms with Crippen molar-refractivity contribution >= 4 is 64.2 Å². The van der Waals surface area contributed by atoms with E-state index in [0.29, 0.717) is 23.1 Å². The highest BCUT2D eigenvalue weighted by atomic mass is 32.1. The summed E-state index contributed by atoms with van der Waals surface area (Å²) in [5, 5.41) is 6.59. The zero-order valence-corrected chi connectivity index (χ0v) is 23.0. The third-order valence-corrected chi connectivity index (χ3v) is 8.94. The number of pyridine rings is 1. The number of aromatic nitrogens is 4. The Morgan fingerprint density at radius 3 is 2.10 bits per heavy atom. The van der Waals surface area contributed by atoms with Crippen LogP contribution >= 0.6 is 11.3 Å². The molecule has 5 nitrogen and oxygen atoms in total. The van der Waals surface area contributed by atoms with Crippen molar-refractivity contribution in [1.82, 2.24) is 19.9 Å². The molecule has 0 saturated heterocycles. The molecular formula is C36H20N4OS. The molecule has 0 fully saturated rings. The fourth-order valence-electron chi connectivity index (χ4n) is 5.88. The van der Waals surface area contributed by atoms with Gasteiger partial charge in [0.2, 0.25) is 0 Å². The van der Waals surface area contributed by atoms with E-state index in [1.807, 2.05) is 42.6 Å². The third-order valence-electron chi connectivity index (χ3n) is 7.80. The smallest absolute Gasteiger partial charge is 0.166 e. The van der Waals surface area contributed by atoms with Gasteiger partial charge < -0.3 is 4.42 Å². The predicted molar refractivity (Wildman–Crippen MR) is 172 cm³/mol. The summed E-state index contributed by atoms with van der Waals surface area (Å²) in [5.41, 5.74) is 4.23. The van der Waals surface area contributed by atoms with Crippen LogP contribution in [0.4, 0.5) is 0 Å². The molecule has 0 unspecified atom stereocenters. The first-order valence-corrected chi connectivity index (χ1v) is 14.5. The molecule has 0 amide bonds. The van der Waals surface area contributed by atoms with E-state index >= 15 is 0 Å². The highest BCUT2D eigenvalue weighted by Crippen LogP contribution is 2.41. The van der Waals surface area contributed by atoms with E-state index in [9.17, 15) is 0 Å². The maximum absolute atomic E-state index is 6.32. The van der Waals surface area contributed by atoms with Crippen molar-refractivity contribution in [2.75, 3.05) is 0 Å². The number of rotatable bonds is 3. The van der Waals surface area contributed by atoms with Crippen molar-refractivity contribution in [2.45, 2.75) is 0 Å². The zero-order chi connectivity index (χ0) is 27.6. The third kappa shape index (κ3) is 3.56. The quantitative estimate of drug-likeness (QED) is 0.217. The van der Waals surface area contributed by atoms with E-state index in [0.717, 1.165) is 49.2 Å². The van der Waals surface area contributed by atoms with Crippen LogP contribution in [0.2, 0.25) is 0 Å². The van der Waals surface area contributed by atoms with Gasteiger partial charge in [0.1, 0.15) is 5.58 Å². The first kappa shape index (κ1) is 23.3. The average molecular weight is 557 g/mol. The molecule has 0 aliphatic carbocycles. The van der Waals surface area contributed by atoms with Gasteiger partial charge in [0.05, 0.1) is 6.20 Å². The van der Waals surface area contributed by atoms with Gasteiger partial charge in [-0.3, -0.25) is 4.98 Å². The van der Waals surface area contributed by atoms with Gasteiger partial charge in [0.25, 0.3) is 0 Å². The molecule has 4 aromatic heterocycles. The van der Waals surface area contributed by atoms with Crippen LogP contribution in [0.5, 0.6) is 0 Å². The Hall–Kier alpha value is -5.46. The van der Waals surface area contributed by atoms with Crippen LogP contribution < -0.4 is 0 Å². The molecule has 4 heterocycles. The minimum Gasteiger partial charge on any atom is -0.454 e. The molecule has 0 bridgehead atoms. The summed E-state index contributed by atoms with van der Waals surface area (Å²) in [6.07, 6.45) is 3.60. The van der Waals surface area contributed by atoms with Crippen molar-refractivity contribution in [3.8, 4) is 34.2 Å². The van der Waals surface area contributed by atoms with Crippen LogP contribution in [0.25, 0.3) is 87.0 Å². The lowest BCUT2D eigenvalue weighted by Gasteiger charge is -2.10. The molecule has 0 aliphatic heterocycles. The Bertz CT molecular complexity index is 2480. The molecule has 0 spiro atoms. The normalized spacial score (nSPS) is 11.8. The van der Waals surface area contributed by atoms with Crippen LogP contribution in [0.1, 0.15) is 0 Å². The highest BCUT2D eigenvalue weighted by Gasteiger charge is 2.20. The standard InChI is InChI=1S/C36H20N4OS/c1-2-9-21(10-3-1)34-38-35(25-14-8-16-31-33(25)24-13-6-7-15-30(24)42-31)40-36(39-34)27-19-37-20-29-32(27)26-17-22-11-4-5-12-23(22)18-28(26)41-29/h1-20H. The molecule has 9 aromatic rings. The van der Waals surface area contributed by atoms with E-state index in [1.165, 1.54) is 14.8 Å². The molecule has 6 heteroatoms. The number of furan rings is 1. The van der Waals surface area contributed by atoms with Crippen molar-refractivity contribution in [1.29, 1.82) is 0 Å². The lowest BCUT2D eigenvalue weighted by Crippen LogP contribution is -2.01. The Morgan fingerprint density at radius 1 is 0.500 bits per heavy atom. The molecule has 0 radical (unpaired) electrons. The maximum atomic E-state index is 6.32. The van der Waals surface area contributed by atoms with Gasteiger partial charge >= 0.3 is 0 Å². The minimum atomic E-state index is 0.560. The number of benzene rings is 5. The van der Waals surface area contributed by atoms with E-state index in [4.69, 9.17) is 19.4 Å². The maximum Gasteiger partial charge on any atom is 0.166 e. The topological polar surface area (TPSA) is 64.7 Å². The zero-order valence-electron chi connectivity index (χ0n) is 22.2. The van der Waals surface area contributed by atoms with Gasteiger partial charge in [0, 0.05) is 53.8 Å². The number of thiophene rings is 1. The second kappa shape index (κ2) is 9.03. The Labute approximate surface area is 243 Å². The summed E-state index contributed by atoms with van der Waals surface area (Å²) >= 11 is 1.78. The van der Waals surface area contributed by atoms with Crippen molar-refractivity contribution in [3.63, 3.8) is 0 Å². The van der Waals surface area contributed by atoms with Crippen LogP contribution in [-0.4, -0.2) is 19.9 Å². The fraction of sp³-hybridized carbons (Fsp3) is 0. The summed E-state index contributed by atoms with van der Waals surface area (Å²) in [5.74, 6) is 1.80. The van der Waals surface area contributed by atoms with Gasteiger partial charge in [-0.15, -0.1) is 11.3 Å². The first-order valence-electron chi connectivity index (χ1n) is 13.7.